The monoisotopic (exact) mass is 496 g/mol. The highest BCUT2D eigenvalue weighted by atomic mass is 32.2. The average Bonchev–Trinajstić information content (AvgIpc) is 2.72. The SMILES string of the molecule is CCOC(=O)c1cc(C#N)c(N2CC(C(=O)NS(=O)(=O)c3ccc(C(F)(F)F)cc3)C2)nc1C. The molecule has 1 aromatic heterocycles. The smallest absolute Gasteiger partial charge is 0.416 e. The summed E-state index contributed by atoms with van der Waals surface area (Å²) in [6.45, 7) is 3.46. The van der Waals surface area contributed by atoms with Crippen molar-refractivity contribution in [3.8, 4) is 6.07 Å². The first-order valence-corrected chi connectivity index (χ1v) is 11.4. The molecule has 9 nitrogen and oxygen atoms in total. The second kappa shape index (κ2) is 9.30. The Kier molecular flexibility index (Phi) is 6.83. The molecule has 0 radical (unpaired) electrons. The minimum Gasteiger partial charge on any atom is -0.462 e. The zero-order chi connectivity index (χ0) is 25.3. The van der Waals surface area contributed by atoms with Crippen molar-refractivity contribution in [1.82, 2.24) is 9.71 Å². The molecule has 1 amide bonds. The third kappa shape index (κ3) is 5.12. The van der Waals surface area contributed by atoms with E-state index in [1.54, 1.807) is 18.7 Å². The fourth-order valence-electron chi connectivity index (χ4n) is 3.25. The molecule has 3 rings (SSSR count). The lowest BCUT2D eigenvalue weighted by Crippen LogP contribution is -2.55. The van der Waals surface area contributed by atoms with Crippen LogP contribution >= 0.6 is 0 Å². The lowest BCUT2D eigenvalue weighted by Gasteiger charge is -2.39. The number of aryl methyl sites for hydroxylation is 1. The number of rotatable bonds is 6. The number of benzene rings is 1. The van der Waals surface area contributed by atoms with Crippen molar-refractivity contribution in [2.75, 3.05) is 24.6 Å². The number of sulfonamides is 1. The van der Waals surface area contributed by atoms with E-state index in [9.17, 15) is 36.4 Å². The fraction of sp³-hybridized carbons (Fsp3) is 0.333. The molecule has 0 bridgehead atoms. The average molecular weight is 496 g/mol. The highest BCUT2D eigenvalue weighted by Gasteiger charge is 2.37. The molecule has 1 N–H and O–H groups in total. The van der Waals surface area contributed by atoms with Crippen molar-refractivity contribution in [3.05, 3.63) is 52.7 Å². The molecule has 180 valence electrons. The maximum absolute atomic E-state index is 12.7. The topological polar surface area (TPSA) is 129 Å². The van der Waals surface area contributed by atoms with Crippen molar-refractivity contribution in [2.24, 2.45) is 5.92 Å². The second-order valence-corrected chi connectivity index (χ2v) is 9.10. The number of ether oxygens (including phenoxy) is 1. The summed E-state index contributed by atoms with van der Waals surface area (Å²) in [4.78, 5) is 29.8. The number of halogens is 3. The van der Waals surface area contributed by atoms with E-state index in [0.717, 1.165) is 12.1 Å². The molecular formula is C21H19F3N4O5S. The van der Waals surface area contributed by atoms with Crippen molar-refractivity contribution in [1.29, 1.82) is 5.26 Å². The predicted molar refractivity (Wildman–Crippen MR) is 112 cm³/mol. The Morgan fingerprint density at radius 2 is 1.88 bits per heavy atom. The third-order valence-corrected chi connectivity index (χ3v) is 6.45. The Morgan fingerprint density at radius 3 is 2.41 bits per heavy atom. The molecule has 13 heteroatoms. The van der Waals surface area contributed by atoms with Gasteiger partial charge in [-0.15, -0.1) is 0 Å². The van der Waals surface area contributed by atoms with Crippen LogP contribution in [0.1, 0.15) is 34.1 Å². The van der Waals surface area contributed by atoms with E-state index in [0.29, 0.717) is 17.8 Å². The first-order chi connectivity index (χ1) is 15.9. The zero-order valence-electron chi connectivity index (χ0n) is 18.0. The number of pyridine rings is 1. The number of amides is 1. The highest BCUT2D eigenvalue weighted by molar-refractivity contribution is 7.90. The number of anilines is 1. The Labute approximate surface area is 193 Å². The van der Waals surface area contributed by atoms with Gasteiger partial charge in [0.2, 0.25) is 5.91 Å². The Balaban J connectivity index is 1.68. The molecule has 1 aromatic carbocycles. The van der Waals surface area contributed by atoms with Gasteiger partial charge in [0.05, 0.1) is 39.8 Å². The molecule has 0 saturated carbocycles. The van der Waals surface area contributed by atoms with Crippen LogP contribution in [0.5, 0.6) is 0 Å². The summed E-state index contributed by atoms with van der Waals surface area (Å²) in [5.41, 5.74) is -0.466. The van der Waals surface area contributed by atoms with Crippen LogP contribution in [-0.2, 0) is 25.7 Å². The van der Waals surface area contributed by atoms with E-state index in [1.807, 2.05) is 10.8 Å². The number of hydrogen-bond donors (Lipinski definition) is 1. The molecule has 0 atom stereocenters. The van der Waals surface area contributed by atoms with E-state index >= 15 is 0 Å². The van der Waals surface area contributed by atoms with Crippen LogP contribution in [0.15, 0.2) is 35.2 Å². The summed E-state index contributed by atoms with van der Waals surface area (Å²) in [7, 11) is -4.37. The molecule has 1 aliphatic heterocycles. The lowest BCUT2D eigenvalue weighted by atomic mass is 9.98. The summed E-state index contributed by atoms with van der Waals surface area (Å²) >= 11 is 0. The Hall–Kier alpha value is -3.66. The quantitative estimate of drug-likeness (QED) is 0.604. The standard InChI is InChI=1S/C21H19F3N4O5S/c1-3-33-20(30)17-8-13(9-25)18(26-12(17)2)28-10-14(11-28)19(29)27-34(31,32)16-6-4-15(5-7-16)21(22,23)24/h4-8,14H,3,10-11H2,1-2H3,(H,27,29). The number of hydrogen-bond acceptors (Lipinski definition) is 8. The van der Waals surface area contributed by atoms with Gasteiger partial charge in [0.15, 0.2) is 0 Å². The highest BCUT2D eigenvalue weighted by Crippen LogP contribution is 2.30. The van der Waals surface area contributed by atoms with Gasteiger partial charge < -0.3 is 9.64 Å². The van der Waals surface area contributed by atoms with Crippen LogP contribution in [0, 0.1) is 24.2 Å². The number of nitriles is 1. The molecule has 1 aliphatic rings. The van der Waals surface area contributed by atoms with Crippen LogP contribution in [0.2, 0.25) is 0 Å². The fourth-order valence-corrected chi connectivity index (χ4v) is 4.29. The van der Waals surface area contributed by atoms with Crippen molar-refractivity contribution >= 4 is 27.7 Å². The summed E-state index contributed by atoms with van der Waals surface area (Å²) in [6, 6.07) is 6.04. The summed E-state index contributed by atoms with van der Waals surface area (Å²) in [6.07, 6.45) is -4.62. The number of alkyl halides is 3. The molecule has 1 saturated heterocycles. The molecular weight excluding hydrogens is 477 g/mol. The van der Waals surface area contributed by atoms with Gasteiger partial charge in [-0.25, -0.2) is 22.9 Å². The molecule has 0 aliphatic carbocycles. The van der Waals surface area contributed by atoms with Gasteiger partial charge in [-0.05, 0) is 44.2 Å². The van der Waals surface area contributed by atoms with Crippen molar-refractivity contribution < 1.29 is 35.9 Å². The maximum Gasteiger partial charge on any atom is 0.416 e. The van der Waals surface area contributed by atoms with Crippen molar-refractivity contribution in [2.45, 2.75) is 24.9 Å². The minimum atomic E-state index is -4.62. The summed E-state index contributed by atoms with van der Waals surface area (Å²) < 4.78 is 69.5. The lowest BCUT2D eigenvalue weighted by molar-refractivity contribution is -0.137. The van der Waals surface area contributed by atoms with Gasteiger partial charge in [-0.1, -0.05) is 0 Å². The largest absolute Gasteiger partial charge is 0.462 e. The van der Waals surface area contributed by atoms with Crippen molar-refractivity contribution in [3.63, 3.8) is 0 Å². The van der Waals surface area contributed by atoms with Crippen LogP contribution in [0.25, 0.3) is 0 Å². The first kappa shape index (κ1) is 25.0. The summed E-state index contributed by atoms with van der Waals surface area (Å²) in [5.74, 6) is -1.98. The predicted octanol–water partition coefficient (Wildman–Crippen LogP) is 2.40. The van der Waals surface area contributed by atoms with E-state index < -0.39 is 44.5 Å². The molecule has 2 heterocycles. The summed E-state index contributed by atoms with van der Waals surface area (Å²) in [5, 5.41) is 9.44. The van der Waals surface area contributed by atoms with E-state index in [-0.39, 0.29) is 36.6 Å². The third-order valence-electron chi connectivity index (χ3n) is 5.09. The number of aromatic nitrogens is 1. The van der Waals surface area contributed by atoms with E-state index in [4.69, 9.17) is 4.74 Å². The molecule has 2 aromatic rings. The first-order valence-electron chi connectivity index (χ1n) is 9.95. The number of carbonyl (C=O) groups excluding carboxylic acids is 2. The van der Waals surface area contributed by atoms with Gasteiger partial charge >= 0.3 is 12.1 Å². The van der Waals surface area contributed by atoms with Crippen LogP contribution in [0.4, 0.5) is 19.0 Å². The normalized spacial score (nSPS) is 14.2. The maximum atomic E-state index is 12.7. The Bertz CT molecular complexity index is 1270. The Morgan fingerprint density at radius 1 is 1.26 bits per heavy atom. The van der Waals surface area contributed by atoms with E-state index in [2.05, 4.69) is 4.98 Å². The minimum absolute atomic E-state index is 0.0498. The van der Waals surface area contributed by atoms with Gasteiger partial charge in [-0.3, -0.25) is 4.79 Å². The van der Waals surface area contributed by atoms with Gasteiger partial charge in [0.25, 0.3) is 10.0 Å². The number of nitrogens with zero attached hydrogens (tertiary/aromatic N) is 3. The zero-order valence-corrected chi connectivity index (χ0v) is 18.8. The molecule has 0 spiro atoms. The van der Waals surface area contributed by atoms with Crippen LogP contribution in [-0.4, -0.2) is 45.0 Å². The number of nitrogens with one attached hydrogen (secondary N) is 1. The van der Waals surface area contributed by atoms with Gasteiger partial charge in [-0.2, -0.15) is 18.4 Å². The van der Waals surface area contributed by atoms with E-state index in [1.165, 1.54) is 6.07 Å². The van der Waals surface area contributed by atoms with Crippen LogP contribution in [0.3, 0.4) is 0 Å². The van der Waals surface area contributed by atoms with Gasteiger partial charge in [0, 0.05) is 13.1 Å². The second-order valence-electron chi connectivity index (χ2n) is 7.42. The molecule has 34 heavy (non-hydrogen) atoms. The molecule has 0 unspecified atom stereocenters. The molecule has 1 fully saturated rings. The van der Waals surface area contributed by atoms with Gasteiger partial charge in [0.1, 0.15) is 11.9 Å². The number of carbonyl (C=O) groups is 2. The van der Waals surface area contributed by atoms with Crippen LogP contribution < -0.4 is 9.62 Å². The number of esters is 1.